The van der Waals surface area contributed by atoms with Gasteiger partial charge in [0.15, 0.2) is 5.82 Å². The van der Waals surface area contributed by atoms with Gasteiger partial charge in [0.25, 0.3) is 0 Å². The van der Waals surface area contributed by atoms with E-state index in [4.69, 9.17) is 4.52 Å². The molecule has 7 nitrogen and oxygen atoms in total. The summed E-state index contributed by atoms with van der Waals surface area (Å²) in [5.74, 6) is 3.58. The van der Waals surface area contributed by atoms with Crippen molar-refractivity contribution >= 4 is 5.91 Å². The highest BCUT2D eigenvalue weighted by Crippen LogP contribution is 2.56. The van der Waals surface area contributed by atoms with Crippen molar-refractivity contribution < 1.29 is 9.32 Å². The molecule has 4 aliphatic rings. The number of hydrogen-bond acceptors (Lipinski definition) is 5. The summed E-state index contributed by atoms with van der Waals surface area (Å²) < 4.78 is 6.63. The minimum atomic E-state index is -0.405. The predicted octanol–water partition coefficient (Wildman–Crippen LogP) is 2.08. The molecule has 0 aliphatic heterocycles. The van der Waals surface area contributed by atoms with E-state index in [2.05, 4.69) is 20.6 Å². The zero-order valence-electron chi connectivity index (χ0n) is 14.3. The highest BCUT2D eigenvalue weighted by atomic mass is 16.5. The Morgan fingerprint density at radius 1 is 1.24 bits per heavy atom. The van der Waals surface area contributed by atoms with E-state index in [1.54, 1.807) is 10.9 Å². The molecule has 0 saturated heterocycles. The Labute approximate surface area is 146 Å². The molecule has 132 valence electrons. The van der Waals surface area contributed by atoms with Crippen LogP contribution in [0.5, 0.6) is 0 Å². The number of carbonyl (C=O) groups is 1. The molecule has 4 aliphatic carbocycles. The van der Waals surface area contributed by atoms with Gasteiger partial charge in [-0.1, -0.05) is 5.16 Å². The second-order valence-corrected chi connectivity index (χ2v) is 8.13. The minimum absolute atomic E-state index is 0.138. The van der Waals surface area contributed by atoms with Crippen LogP contribution in [-0.2, 0) is 11.8 Å². The van der Waals surface area contributed by atoms with Crippen molar-refractivity contribution in [1.29, 1.82) is 0 Å². The molecule has 25 heavy (non-hydrogen) atoms. The number of rotatable bonds is 4. The molecule has 1 amide bonds. The normalized spacial score (nSPS) is 34.2. The molecule has 2 aromatic heterocycles. The van der Waals surface area contributed by atoms with Gasteiger partial charge in [-0.15, -0.1) is 0 Å². The van der Waals surface area contributed by atoms with Gasteiger partial charge in [-0.25, -0.2) is 0 Å². The van der Waals surface area contributed by atoms with Gasteiger partial charge in [0.05, 0.1) is 6.20 Å². The highest BCUT2D eigenvalue weighted by molar-refractivity contribution is 5.80. The topological polar surface area (TPSA) is 85.8 Å². The van der Waals surface area contributed by atoms with Crippen LogP contribution in [0.25, 0.3) is 0 Å². The Bertz CT molecular complexity index is 740. The second-order valence-electron chi connectivity index (χ2n) is 8.13. The lowest BCUT2D eigenvalue weighted by Crippen LogP contribution is -2.51. The van der Waals surface area contributed by atoms with Crippen molar-refractivity contribution in [2.24, 2.45) is 36.6 Å². The largest absolute Gasteiger partial charge is 0.343 e. The number of aromatic nitrogens is 4. The van der Waals surface area contributed by atoms with E-state index in [9.17, 15) is 4.79 Å². The maximum absolute atomic E-state index is 13.2. The number of hydrogen-bond donors (Lipinski definition) is 1. The monoisotopic (exact) mass is 341 g/mol. The average Bonchev–Trinajstić information content (AvgIpc) is 3.23. The van der Waals surface area contributed by atoms with E-state index in [1.807, 2.05) is 13.2 Å². The molecule has 4 saturated carbocycles. The number of amides is 1. The van der Waals surface area contributed by atoms with Gasteiger partial charge in [-0.05, 0) is 55.8 Å². The molecule has 2 heterocycles. The van der Waals surface area contributed by atoms with E-state index >= 15 is 0 Å². The molecule has 0 aromatic carbocycles. The standard InChI is InChI=1S/C18H23N5O2/c1-23-8-14(7-20-23)16(17-19-9-25-22-17)21-18(24)15-12-3-10-2-11(5-12)6-13(15)4-10/h7-13,15-16H,2-6H2,1H3,(H,21,24). The fraction of sp³-hybridized carbons (Fsp3) is 0.667. The van der Waals surface area contributed by atoms with Crippen molar-refractivity contribution in [3.8, 4) is 0 Å². The van der Waals surface area contributed by atoms with Crippen LogP contribution in [0, 0.1) is 29.6 Å². The first-order valence-corrected chi connectivity index (χ1v) is 9.22. The van der Waals surface area contributed by atoms with Gasteiger partial charge < -0.3 is 9.84 Å². The average molecular weight is 341 g/mol. The van der Waals surface area contributed by atoms with Crippen molar-refractivity contribution in [3.05, 3.63) is 30.2 Å². The van der Waals surface area contributed by atoms with Gasteiger partial charge in [-0.3, -0.25) is 9.48 Å². The summed E-state index contributed by atoms with van der Waals surface area (Å²) in [7, 11) is 1.86. The zero-order chi connectivity index (χ0) is 17.0. The van der Waals surface area contributed by atoms with Crippen molar-refractivity contribution in [3.63, 3.8) is 0 Å². The SMILES string of the molecule is Cn1cc(C(NC(=O)C2C3CC4CC(C3)CC2C4)c2ncon2)cn1. The third-order valence-electron chi connectivity index (χ3n) is 6.51. The predicted molar refractivity (Wildman–Crippen MR) is 88.0 cm³/mol. The third kappa shape index (κ3) is 2.56. The van der Waals surface area contributed by atoms with Crippen molar-refractivity contribution in [1.82, 2.24) is 25.2 Å². The Morgan fingerprint density at radius 3 is 2.52 bits per heavy atom. The summed E-state index contributed by atoms with van der Waals surface area (Å²) in [5, 5.41) is 11.4. The fourth-order valence-electron chi connectivity index (χ4n) is 5.78. The van der Waals surface area contributed by atoms with Crippen LogP contribution in [0.3, 0.4) is 0 Å². The van der Waals surface area contributed by atoms with E-state index in [0.717, 1.165) is 17.4 Å². The van der Waals surface area contributed by atoms with E-state index in [-0.39, 0.29) is 11.8 Å². The second kappa shape index (κ2) is 5.68. The molecule has 0 spiro atoms. The Morgan fingerprint density at radius 2 is 1.96 bits per heavy atom. The molecular formula is C18H23N5O2. The molecule has 1 N–H and O–H groups in total. The molecule has 1 unspecified atom stereocenters. The van der Waals surface area contributed by atoms with Gasteiger partial charge in [-0.2, -0.15) is 10.1 Å². The van der Waals surface area contributed by atoms with E-state index in [0.29, 0.717) is 17.7 Å². The summed E-state index contributed by atoms with van der Waals surface area (Å²) in [6.07, 6.45) is 11.2. The molecule has 2 aromatic rings. The highest BCUT2D eigenvalue weighted by Gasteiger charge is 2.51. The Balaban J connectivity index is 1.39. The summed E-state index contributed by atoms with van der Waals surface area (Å²) in [6.45, 7) is 0. The first kappa shape index (κ1) is 15.1. The van der Waals surface area contributed by atoms with E-state index in [1.165, 1.54) is 38.5 Å². The maximum Gasteiger partial charge on any atom is 0.224 e. The lowest BCUT2D eigenvalue weighted by Gasteiger charge is -2.53. The van der Waals surface area contributed by atoms with Crippen molar-refractivity contribution in [2.45, 2.75) is 38.1 Å². The quantitative estimate of drug-likeness (QED) is 0.920. The van der Waals surface area contributed by atoms with Crippen molar-refractivity contribution in [2.75, 3.05) is 0 Å². The third-order valence-corrected chi connectivity index (χ3v) is 6.51. The van der Waals surface area contributed by atoms with Crippen LogP contribution in [0.2, 0.25) is 0 Å². The first-order chi connectivity index (χ1) is 12.2. The summed E-state index contributed by atoms with van der Waals surface area (Å²) in [6, 6.07) is -0.405. The van der Waals surface area contributed by atoms with Crippen LogP contribution in [0.4, 0.5) is 0 Å². The molecule has 0 radical (unpaired) electrons. The molecule has 4 bridgehead atoms. The smallest absolute Gasteiger partial charge is 0.224 e. The summed E-state index contributed by atoms with van der Waals surface area (Å²) >= 11 is 0. The summed E-state index contributed by atoms with van der Waals surface area (Å²) in [5.41, 5.74) is 0.876. The molecule has 4 fully saturated rings. The summed E-state index contributed by atoms with van der Waals surface area (Å²) in [4.78, 5) is 17.4. The van der Waals surface area contributed by atoms with Crippen LogP contribution >= 0.6 is 0 Å². The lowest BCUT2D eigenvalue weighted by molar-refractivity contribution is -0.138. The lowest BCUT2D eigenvalue weighted by atomic mass is 9.51. The van der Waals surface area contributed by atoms with Crippen LogP contribution in [0.15, 0.2) is 23.3 Å². The van der Waals surface area contributed by atoms with Crippen LogP contribution < -0.4 is 5.32 Å². The number of nitrogens with zero attached hydrogens (tertiary/aromatic N) is 4. The minimum Gasteiger partial charge on any atom is -0.343 e. The van der Waals surface area contributed by atoms with E-state index < -0.39 is 6.04 Å². The molecule has 7 heteroatoms. The zero-order valence-corrected chi connectivity index (χ0v) is 14.3. The number of nitrogens with one attached hydrogen (secondary N) is 1. The number of carbonyl (C=O) groups excluding carboxylic acids is 1. The van der Waals surface area contributed by atoms with Crippen LogP contribution in [-0.4, -0.2) is 25.8 Å². The van der Waals surface area contributed by atoms with Gasteiger partial charge in [0.1, 0.15) is 6.04 Å². The first-order valence-electron chi connectivity index (χ1n) is 9.22. The molecular weight excluding hydrogens is 318 g/mol. The Kier molecular flexibility index (Phi) is 3.43. The Hall–Kier alpha value is -2.18. The number of aryl methyl sites for hydroxylation is 1. The molecule has 6 rings (SSSR count). The fourth-order valence-corrected chi connectivity index (χ4v) is 5.78. The maximum atomic E-state index is 13.2. The van der Waals surface area contributed by atoms with Crippen LogP contribution in [0.1, 0.15) is 49.5 Å². The van der Waals surface area contributed by atoms with Gasteiger partial charge >= 0.3 is 0 Å². The van der Waals surface area contributed by atoms with Gasteiger partial charge in [0.2, 0.25) is 12.3 Å². The molecule has 1 atom stereocenters. The van der Waals surface area contributed by atoms with Gasteiger partial charge in [0, 0.05) is 24.7 Å².